The molecule has 1 amide bonds. The van der Waals surface area contributed by atoms with Crippen molar-refractivity contribution < 1.29 is 9.53 Å². The van der Waals surface area contributed by atoms with Crippen molar-refractivity contribution in [1.29, 1.82) is 0 Å². The van der Waals surface area contributed by atoms with Gasteiger partial charge in [-0.25, -0.2) is 4.98 Å². The van der Waals surface area contributed by atoms with E-state index in [1.54, 1.807) is 19.4 Å². The van der Waals surface area contributed by atoms with Crippen LogP contribution in [0, 0.1) is 6.92 Å². The molecule has 190 valence electrons. The first kappa shape index (κ1) is 24.3. The summed E-state index contributed by atoms with van der Waals surface area (Å²) >= 11 is 0. The highest BCUT2D eigenvalue weighted by atomic mass is 16.5. The minimum Gasteiger partial charge on any atom is -0.479 e. The molecule has 1 aliphatic rings. The van der Waals surface area contributed by atoms with E-state index in [0.29, 0.717) is 29.0 Å². The summed E-state index contributed by atoms with van der Waals surface area (Å²) in [6.07, 6.45) is 5.00. The number of hydrogen-bond acceptors (Lipinski definition) is 8. The van der Waals surface area contributed by atoms with Crippen molar-refractivity contribution in [3.8, 4) is 11.7 Å². The number of methoxy groups -OCH3 is 1. The predicted molar refractivity (Wildman–Crippen MR) is 146 cm³/mol. The Hall–Kier alpha value is -4.44. The summed E-state index contributed by atoms with van der Waals surface area (Å²) in [5.74, 6) is 1.81. The number of anilines is 4. The summed E-state index contributed by atoms with van der Waals surface area (Å²) < 4.78 is 7.67. The molecule has 0 bridgehead atoms. The largest absolute Gasteiger partial charge is 0.479 e. The van der Waals surface area contributed by atoms with E-state index in [4.69, 9.17) is 14.7 Å². The number of nitrogens with zero attached hydrogens (tertiary/aromatic N) is 6. The highest BCUT2D eigenvalue weighted by Gasteiger charge is 2.22. The number of aromatic nitrogens is 4. The number of ether oxygens (including phenoxy) is 1. The molecule has 10 heteroatoms. The van der Waals surface area contributed by atoms with E-state index in [0.717, 1.165) is 43.1 Å². The highest BCUT2D eigenvalue weighted by molar-refractivity contribution is 6.01. The topological polar surface area (TPSA) is 100 Å². The number of rotatable bonds is 7. The Kier molecular flexibility index (Phi) is 6.74. The number of nitrogens with one attached hydrogen (secondary N) is 2. The van der Waals surface area contributed by atoms with Gasteiger partial charge in [0.2, 0.25) is 17.7 Å². The number of likely N-dealkylation sites (N-methyl/N-ethyl adjacent to an activating group) is 1. The van der Waals surface area contributed by atoms with Crippen molar-refractivity contribution in [2.75, 3.05) is 55.9 Å². The molecule has 1 fully saturated rings. The monoisotopic (exact) mass is 498 g/mol. The van der Waals surface area contributed by atoms with E-state index in [2.05, 4.69) is 64.3 Å². The molecule has 2 N–H and O–H groups in total. The van der Waals surface area contributed by atoms with Gasteiger partial charge in [0.25, 0.3) is 0 Å². The third kappa shape index (κ3) is 4.96. The molecule has 5 rings (SSSR count). The van der Waals surface area contributed by atoms with Crippen molar-refractivity contribution in [2.24, 2.45) is 0 Å². The van der Waals surface area contributed by atoms with Crippen LogP contribution in [0.15, 0.2) is 61.4 Å². The molecular weight excluding hydrogens is 468 g/mol. The first-order valence-electron chi connectivity index (χ1n) is 12.1. The number of aryl methyl sites for hydroxylation is 1. The molecule has 0 spiro atoms. The van der Waals surface area contributed by atoms with E-state index in [1.807, 2.05) is 22.8 Å². The lowest BCUT2D eigenvalue weighted by molar-refractivity contribution is -0.111. The normalized spacial score (nSPS) is 14.0. The Bertz CT molecular complexity index is 1460. The molecule has 0 unspecified atom stereocenters. The number of piperazine rings is 1. The number of hydrogen-bond donors (Lipinski definition) is 2. The maximum absolute atomic E-state index is 12.2. The van der Waals surface area contributed by atoms with Crippen LogP contribution < -0.4 is 20.3 Å². The molecule has 4 heterocycles. The molecule has 3 aromatic heterocycles. The first-order chi connectivity index (χ1) is 18.0. The Morgan fingerprint density at radius 2 is 1.89 bits per heavy atom. The van der Waals surface area contributed by atoms with Crippen LogP contribution in [-0.2, 0) is 4.79 Å². The highest BCUT2D eigenvalue weighted by Crippen LogP contribution is 2.35. The Morgan fingerprint density at radius 3 is 2.65 bits per heavy atom. The lowest BCUT2D eigenvalue weighted by atomic mass is 10.2. The van der Waals surface area contributed by atoms with Crippen LogP contribution in [-0.4, -0.2) is 70.7 Å². The smallest absolute Gasteiger partial charge is 0.247 e. The van der Waals surface area contributed by atoms with E-state index in [-0.39, 0.29) is 5.91 Å². The van der Waals surface area contributed by atoms with Crippen LogP contribution >= 0.6 is 0 Å². The van der Waals surface area contributed by atoms with Gasteiger partial charge in [0.15, 0.2) is 5.82 Å². The van der Waals surface area contributed by atoms with Crippen LogP contribution in [0.5, 0.6) is 5.88 Å². The number of amides is 1. The number of carbonyl (C=O) groups excluding carboxylic acids is 1. The van der Waals surface area contributed by atoms with Crippen molar-refractivity contribution in [3.05, 3.63) is 67.0 Å². The molecule has 1 saturated heterocycles. The van der Waals surface area contributed by atoms with Gasteiger partial charge in [0.05, 0.1) is 18.3 Å². The summed E-state index contributed by atoms with van der Waals surface area (Å²) in [7, 11) is 3.65. The molecule has 37 heavy (non-hydrogen) atoms. The zero-order valence-electron chi connectivity index (χ0n) is 21.2. The first-order valence-corrected chi connectivity index (χ1v) is 12.1. The number of benzene rings is 1. The fourth-order valence-electron chi connectivity index (χ4n) is 4.47. The quantitative estimate of drug-likeness (QED) is 0.372. The maximum Gasteiger partial charge on any atom is 0.247 e. The summed E-state index contributed by atoms with van der Waals surface area (Å²) in [5, 5.41) is 7.29. The van der Waals surface area contributed by atoms with Crippen LogP contribution in [0.25, 0.3) is 16.7 Å². The second kappa shape index (κ2) is 10.3. The van der Waals surface area contributed by atoms with Crippen LogP contribution in [0.1, 0.15) is 5.56 Å². The Balaban J connectivity index is 1.51. The molecule has 0 saturated carbocycles. The molecule has 1 aromatic carbocycles. The standard InChI is InChI=1S/C27H30N8O2/c1-5-24(36)29-20-16-21(26(37-4)32-25(20)34-14-12-33(3)13-15-34)30-27-28-11-10-23(31-27)35-17-18(2)19-8-6-7-9-22(19)35/h5-11,16-17H,1,12-15H2,2-4H3,(H,29,36)(H,28,30,31). The third-order valence-corrected chi connectivity index (χ3v) is 6.45. The zero-order valence-corrected chi connectivity index (χ0v) is 21.2. The van der Waals surface area contributed by atoms with Crippen molar-refractivity contribution >= 4 is 40.0 Å². The minimum absolute atomic E-state index is 0.318. The van der Waals surface area contributed by atoms with Gasteiger partial charge in [-0.3, -0.25) is 4.79 Å². The van der Waals surface area contributed by atoms with Crippen molar-refractivity contribution in [1.82, 2.24) is 24.4 Å². The second-order valence-electron chi connectivity index (χ2n) is 8.96. The molecule has 1 aliphatic heterocycles. The molecule has 0 radical (unpaired) electrons. The van der Waals surface area contributed by atoms with Gasteiger partial charge in [-0.05, 0) is 43.8 Å². The number of para-hydroxylation sites is 1. The SMILES string of the molecule is C=CC(=O)Nc1cc(Nc2nccc(-n3cc(C)c4ccccc43)n2)c(OC)nc1N1CCN(C)CC1. The maximum atomic E-state index is 12.2. The predicted octanol–water partition coefficient (Wildman–Crippen LogP) is 3.75. The number of carbonyl (C=O) groups is 1. The zero-order chi connectivity index (χ0) is 25.9. The van der Waals surface area contributed by atoms with E-state index >= 15 is 0 Å². The Labute approximate surface area is 215 Å². The van der Waals surface area contributed by atoms with Gasteiger partial charge in [-0.2, -0.15) is 9.97 Å². The third-order valence-electron chi connectivity index (χ3n) is 6.45. The summed E-state index contributed by atoms with van der Waals surface area (Å²) in [5.41, 5.74) is 3.32. The Morgan fingerprint density at radius 1 is 1.11 bits per heavy atom. The molecule has 0 atom stereocenters. The summed E-state index contributed by atoms with van der Waals surface area (Å²) in [6, 6.07) is 11.9. The van der Waals surface area contributed by atoms with Crippen LogP contribution in [0.2, 0.25) is 0 Å². The van der Waals surface area contributed by atoms with E-state index in [1.165, 1.54) is 11.5 Å². The lowest BCUT2D eigenvalue weighted by Gasteiger charge is -2.34. The second-order valence-corrected chi connectivity index (χ2v) is 8.96. The van der Waals surface area contributed by atoms with Crippen LogP contribution in [0.4, 0.5) is 23.1 Å². The van der Waals surface area contributed by atoms with Crippen molar-refractivity contribution in [2.45, 2.75) is 6.92 Å². The van der Waals surface area contributed by atoms with Gasteiger partial charge in [-0.15, -0.1) is 0 Å². The van der Waals surface area contributed by atoms with Gasteiger partial charge in [-0.1, -0.05) is 24.8 Å². The fourth-order valence-corrected chi connectivity index (χ4v) is 4.47. The number of pyridine rings is 1. The van der Waals surface area contributed by atoms with Gasteiger partial charge in [0.1, 0.15) is 11.5 Å². The average molecular weight is 499 g/mol. The van der Waals surface area contributed by atoms with Crippen molar-refractivity contribution in [3.63, 3.8) is 0 Å². The molecule has 10 nitrogen and oxygen atoms in total. The molecular formula is C27H30N8O2. The average Bonchev–Trinajstić information content (AvgIpc) is 3.26. The van der Waals surface area contributed by atoms with Gasteiger partial charge in [0, 0.05) is 44.0 Å². The lowest BCUT2D eigenvalue weighted by Crippen LogP contribution is -2.45. The summed E-state index contributed by atoms with van der Waals surface area (Å²) in [4.78, 5) is 30.6. The summed E-state index contributed by atoms with van der Waals surface area (Å²) in [6.45, 7) is 9.02. The van der Waals surface area contributed by atoms with E-state index < -0.39 is 0 Å². The van der Waals surface area contributed by atoms with Crippen LogP contribution in [0.3, 0.4) is 0 Å². The molecule has 4 aromatic rings. The van der Waals surface area contributed by atoms with Gasteiger partial charge < -0.3 is 29.7 Å². The minimum atomic E-state index is -0.318. The van der Waals surface area contributed by atoms with E-state index in [9.17, 15) is 4.79 Å². The number of fused-ring (bicyclic) bond motifs is 1. The molecule has 0 aliphatic carbocycles. The fraction of sp³-hybridized carbons (Fsp3) is 0.259. The van der Waals surface area contributed by atoms with Gasteiger partial charge >= 0.3 is 0 Å².